The molecule has 5 rings (SSSR count). The number of hydrogen-bond donors (Lipinski definition) is 10. The molecule has 16 nitrogen and oxygen atoms in total. The Labute approximate surface area is 241 Å². The minimum atomic E-state index is -1.97. The molecule has 1 aromatic heterocycles. The van der Waals surface area contributed by atoms with E-state index in [4.69, 9.17) is 23.4 Å². The van der Waals surface area contributed by atoms with Gasteiger partial charge in [0.05, 0.1) is 12.7 Å². The van der Waals surface area contributed by atoms with E-state index in [0.717, 1.165) is 24.3 Å². The lowest BCUT2D eigenvalue weighted by atomic mass is 9.98. The molecule has 3 aromatic rings. The predicted molar refractivity (Wildman–Crippen MR) is 140 cm³/mol. The maximum absolute atomic E-state index is 13.6. The van der Waals surface area contributed by atoms with Gasteiger partial charge in [0.2, 0.25) is 17.5 Å². The van der Waals surface area contributed by atoms with Gasteiger partial charge >= 0.3 is 0 Å². The third-order valence-corrected chi connectivity index (χ3v) is 7.29. The molecule has 3 heterocycles. The van der Waals surface area contributed by atoms with E-state index in [1.165, 1.54) is 13.0 Å². The number of aliphatic hydroxyl groups is 6. The second-order valence-corrected chi connectivity index (χ2v) is 10.3. The normalized spacial score (nSPS) is 33.0. The van der Waals surface area contributed by atoms with E-state index in [9.17, 15) is 55.9 Å². The number of aromatic hydroxyl groups is 4. The van der Waals surface area contributed by atoms with Crippen molar-refractivity contribution in [3.8, 4) is 40.1 Å². The first-order valence-corrected chi connectivity index (χ1v) is 13.0. The van der Waals surface area contributed by atoms with E-state index in [-0.39, 0.29) is 11.1 Å². The molecule has 0 saturated carbocycles. The highest BCUT2D eigenvalue weighted by Gasteiger charge is 2.47. The number of rotatable bonds is 6. The highest BCUT2D eigenvalue weighted by atomic mass is 16.7. The zero-order valence-corrected chi connectivity index (χ0v) is 22.3. The Balaban J connectivity index is 1.48. The number of fused-ring (bicyclic) bond motifs is 1. The second-order valence-electron chi connectivity index (χ2n) is 10.3. The molecule has 2 aromatic carbocycles. The van der Waals surface area contributed by atoms with Crippen LogP contribution in [0.25, 0.3) is 22.3 Å². The van der Waals surface area contributed by atoms with Crippen molar-refractivity contribution in [1.82, 2.24) is 0 Å². The van der Waals surface area contributed by atoms with Gasteiger partial charge in [-0.15, -0.1) is 0 Å². The minimum absolute atomic E-state index is 0.0313. The quantitative estimate of drug-likeness (QED) is 0.140. The molecule has 16 heteroatoms. The van der Waals surface area contributed by atoms with Crippen LogP contribution in [0.15, 0.2) is 39.5 Å². The molecule has 2 aliphatic rings. The zero-order chi connectivity index (χ0) is 31.3. The van der Waals surface area contributed by atoms with Gasteiger partial charge in [0, 0.05) is 17.7 Å². The van der Waals surface area contributed by atoms with Crippen LogP contribution >= 0.6 is 0 Å². The molecule has 2 saturated heterocycles. The van der Waals surface area contributed by atoms with Gasteiger partial charge in [-0.1, -0.05) is 0 Å². The summed E-state index contributed by atoms with van der Waals surface area (Å²) < 4.78 is 27.8. The zero-order valence-electron chi connectivity index (χ0n) is 22.3. The average Bonchev–Trinajstić information content (AvgIpc) is 2.96. The van der Waals surface area contributed by atoms with Gasteiger partial charge in [-0.2, -0.15) is 0 Å². The van der Waals surface area contributed by atoms with Crippen molar-refractivity contribution in [2.75, 3.05) is 6.61 Å². The van der Waals surface area contributed by atoms with Crippen LogP contribution in [0, 0.1) is 0 Å². The maximum Gasteiger partial charge on any atom is 0.239 e. The molecular formula is C27H30O16. The van der Waals surface area contributed by atoms with Gasteiger partial charge in [0.15, 0.2) is 23.5 Å². The van der Waals surface area contributed by atoms with Gasteiger partial charge in [-0.25, -0.2) is 0 Å². The summed E-state index contributed by atoms with van der Waals surface area (Å²) in [6, 6.07) is 5.24. The van der Waals surface area contributed by atoms with Crippen LogP contribution in [0.3, 0.4) is 0 Å². The van der Waals surface area contributed by atoms with Crippen LogP contribution in [0.2, 0.25) is 0 Å². The number of hydrogen-bond acceptors (Lipinski definition) is 16. The molecule has 0 aliphatic carbocycles. The van der Waals surface area contributed by atoms with Crippen LogP contribution in [0.4, 0.5) is 0 Å². The van der Waals surface area contributed by atoms with Crippen molar-refractivity contribution in [3.05, 3.63) is 40.6 Å². The van der Waals surface area contributed by atoms with Gasteiger partial charge in [0.1, 0.15) is 65.2 Å². The topological polar surface area (TPSA) is 269 Å². The number of aliphatic hydroxyl groups excluding tert-OH is 6. The van der Waals surface area contributed by atoms with Crippen molar-refractivity contribution in [2.24, 2.45) is 0 Å². The summed E-state index contributed by atoms with van der Waals surface area (Å²) in [7, 11) is 0. The van der Waals surface area contributed by atoms with Crippen molar-refractivity contribution in [2.45, 2.75) is 68.3 Å². The molecule has 43 heavy (non-hydrogen) atoms. The molecule has 0 bridgehead atoms. The summed E-state index contributed by atoms with van der Waals surface area (Å²) in [6.45, 7) is 0.818. The molecule has 10 N–H and O–H groups in total. The fourth-order valence-electron chi connectivity index (χ4n) is 4.84. The van der Waals surface area contributed by atoms with Crippen molar-refractivity contribution in [3.63, 3.8) is 0 Å². The fourth-order valence-corrected chi connectivity index (χ4v) is 4.84. The van der Waals surface area contributed by atoms with Gasteiger partial charge in [-0.05, 0) is 25.1 Å². The summed E-state index contributed by atoms with van der Waals surface area (Å²) in [5, 5.41) is 101. The van der Waals surface area contributed by atoms with E-state index in [2.05, 4.69) is 0 Å². The van der Waals surface area contributed by atoms with E-state index in [1.807, 2.05) is 0 Å². The van der Waals surface area contributed by atoms with Crippen LogP contribution in [-0.2, 0) is 14.2 Å². The molecule has 0 spiro atoms. The second kappa shape index (κ2) is 11.8. The first-order chi connectivity index (χ1) is 20.3. The maximum atomic E-state index is 13.6. The summed E-state index contributed by atoms with van der Waals surface area (Å²) in [5.74, 6) is -3.33. The minimum Gasteiger partial charge on any atom is -0.508 e. The SMILES string of the molecule is C[C@@H]1O[C@H](OC[C@H]2O[C@H](Oc3c(-c4ccc(O)c(O)c4)oc4cc(O)cc(O)c4c3=O)[C@H](O)[C@H](O)[C@H]2O)[C@H](O)[C@H](O)[C@H]1O. The molecular weight excluding hydrogens is 580 g/mol. The lowest BCUT2D eigenvalue weighted by Crippen LogP contribution is -2.61. The number of ether oxygens (including phenoxy) is 4. The van der Waals surface area contributed by atoms with Gasteiger partial charge in [0.25, 0.3) is 0 Å². The first kappa shape index (κ1) is 30.7. The van der Waals surface area contributed by atoms with E-state index < -0.39 is 113 Å². The first-order valence-electron chi connectivity index (χ1n) is 13.0. The lowest BCUT2D eigenvalue weighted by molar-refractivity contribution is -0.318. The highest BCUT2D eigenvalue weighted by Crippen LogP contribution is 2.39. The fraction of sp³-hybridized carbons (Fsp3) is 0.444. The monoisotopic (exact) mass is 610 g/mol. The Morgan fingerprint density at radius 3 is 2.12 bits per heavy atom. The molecule has 0 amide bonds. The molecule has 2 aliphatic heterocycles. The Bertz CT molecular complexity index is 1540. The molecule has 10 atom stereocenters. The van der Waals surface area contributed by atoms with Gasteiger partial charge in [-0.3, -0.25) is 4.79 Å². The summed E-state index contributed by atoms with van der Waals surface area (Å²) >= 11 is 0. The van der Waals surface area contributed by atoms with Crippen molar-refractivity contribution in [1.29, 1.82) is 0 Å². The van der Waals surface area contributed by atoms with Gasteiger partial charge < -0.3 is 74.4 Å². The number of phenolic OH excluding ortho intramolecular Hbond substituents is 4. The standard InChI is InChI=1S/C27H30O16/c1-8-17(32)20(35)22(37)26(40-8)39-7-15-18(33)21(36)23(38)27(42-15)43-25-19(34)16-13(31)5-10(28)6-14(16)41-24(25)9-2-3-11(29)12(30)4-9/h2-6,8,15,17-18,20-23,26-33,35-38H,7H2,1H3/t8-,15+,17-,18-,20+,21+,22+,23+,26-,27+/m0/s1. The van der Waals surface area contributed by atoms with Crippen molar-refractivity contribution >= 4 is 11.0 Å². The highest BCUT2D eigenvalue weighted by molar-refractivity contribution is 5.88. The summed E-state index contributed by atoms with van der Waals surface area (Å²) in [5.41, 5.74) is -1.35. The average molecular weight is 611 g/mol. The predicted octanol–water partition coefficient (Wildman–Crippen LogP) is -1.69. The van der Waals surface area contributed by atoms with E-state index in [1.54, 1.807) is 0 Å². The van der Waals surface area contributed by atoms with Crippen molar-refractivity contribution < 1.29 is 74.4 Å². The Morgan fingerprint density at radius 1 is 0.744 bits per heavy atom. The molecule has 0 radical (unpaired) electrons. The van der Waals surface area contributed by atoms with Crippen LogP contribution < -0.4 is 10.2 Å². The molecule has 0 unspecified atom stereocenters. The Hall–Kier alpha value is -3.71. The van der Waals surface area contributed by atoms with Crippen LogP contribution in [-0.4, -0.2) is 119 Å². The lowest BCUT2D eigenvalue weighted by Gasteiger charge is -2.42. The Morgan fingerprint density at radius 2 is 1.42 bits per heavy atom. The largest absolute Gasteiger partial charge is 0.508 e. The number of benzene rings is 2. The summed E-state index contributed by atoms with van der Waals surface area (Å²) in [4.78, 5) is 13.6. The number of phenols is 4. The Kier molecular flexibility index (Phi) is 8.41. The third kappa shape index (κ3) is 5.67. The molecule has 2 fully saturated rings. The smallest absolute Gasteiger partial charge is 0.239 e. The van der Waals surface area contributed by atoms with E-state index in [0.29, 0.717) is 0 Å². The van der Waals surface area contributed by atoms with Crippen LogP contribution in [0.1, 0.15) is 6.92 Å². The third-order valence-electron chi connectivity index (χ3n) is 7.29. The molecule has 234 valence electrons. The van der Waals surface area contributed by atoms with Crippen LogP contribution in [0.5, 0.6) is 28.7 Å². The van der Waals surface area contributed by atoms with E-state index >= 15 is 0 Å². The summed E-state index contributed by atoms with van der Waals surface area (Å²) in [6.07, 6.45) is -16.2.